The van der Waals surface area contributed by atoms with Gasteiger partial charge in [-0.15, -0.1) is 0 Å². The summed E-state index contributed by atoms with van der Waals surface area (Å²) in [5.74, 6) is 1.18. The van der Waals surface area contributed by atoms with Gasteiger partial charge in [-0.2, -0.15) is 0 Å². The average molecular weight is 202 g/mol. The third-order valence-electron chi connectivity index (χ3n) is 4.84. The van der Waals surface area contributed by atoms with Crippen molar-refractivity contribution in [3.05, 3.63) is 23.8 Å². The third-order valence-corrected chi connectivity index (χ3v) is 4.84. The molecule has 2 heteroatoms. The minimum Gasteiger partial charge on any atom is -0.361 e. The summed E-state index contributed by atoms with van der Waals surface area (Å²) in [6.45, 7) is 2.83. The van der Waals surface area contributed by atoms with E-state index in [4.69, 9.17) is 4.74 Å². The molecule has 5 rings (SSSR count). The van der Waals surface area contributed by atoms with E-state index in [1.807, 2.05) is 0 Å². The van der Waals surface area contributed by atoms with Crippen molar-refractivity contribution in [2.45, 2.75) is 25.4 Å². The molecule has 0 aromatic rings. The number of hydrogen-bond acceptors (Lipinski definition) is 2. The van der Waals surface area contributed by atoms with Gasteiger partial charge in [0.05, 0.1) is 12.0 Å². The molecule has 1 unspecified atom stereocenters. The Hall–Kier alpha value is -0.890. The molecule has 0 radical (unpaired) electrons. The van der Waals surface area contributed by atoms with Gasteiger partial charge in [0.1, 0.15) is 0 Å². The molecule has 1 saturated carbocycles. The Balaban J connectivity index is 1.96. The minimum absolute atomic E-state index is 0.213. The maximum absolute atomic E-state index is 12.5. The molecule has 0 N–H and O–H groups in total. The summed E-state index contributed by atoms with van der Waals surface area (Å²) < 4.78 is 5.54. The first-order valence-electron chi connectivity index (χ1n) is 5.74. The fourth-order valence-electron chi connectivity index (χ4n) is 4.00. The van der Waals surface area contributed by atoms with Gasteiger partial charge >= 0.3 is 0 Å². The second-order valence-corrected chi connectivity index (χ2v) is 5.46. The van der Waals surface area contributed by atoms with E-state index in [1.165, 1.54) is 5.57 Å². The van der Waals surface area contributed by atoms with Crippen molar-refractivity contribution in [3.8, 4) is 0 Å². The Kier molecular flexibility index (Phi) is 1.17. The molecule has 2 bridgehead atoms. The first-order chi connectivity index (χ1) is 7.19. The summed E-state index contributed by atoms with van der Waals surface area (Å²) in [5, 5.41) is 0. The SMILES string of the molecule is CC1=C[C@@]23CC=C[C@H]2C[C@@H]1C1(CO1)C3=O. The molecule has 0 aromatic heterocycles. The van der Waals surface area contributed by atoms with Crippen LogP contribution in [0, 0.1) is 17.3 Å². The molecule has 15 heavy (non-hydrogen) atoms. The highest BCUT2D eigenvalue weighted by Crippen LogP contribution is 2.63. The molecule has 5 aliphatic rings. The monoisotopic (exact) mass is 202 g/mol. The maximum atomic E-state index is 12.5. The normalized spacial score (nSPS) is 54.7. The Morgan fingerprint density at radius 2 is 2.33 bits per heavy atom. The molecule has 0 aromatic carbocycles. The number of allylic oxidation sites excluding steroid dienone is 3. The first-order valence-corrected chi connectivity index (χ1v) is 5.74. The van der Waals surface area contributed by atoms with Gasteiger partial charge in [0.2, 0.25) is 0 Å². The van der Waals surface area contributed by atoms with E-state index in [2.05, 4.69) is 25.2 Å². The van der Waals surface area contributed by atoms with E-state index in [1.54, 1.807) is 0 Å². The fourth-order valence-corrected chi connectivity index (χ4v) is 4.00. The van der Waals surface area contributed by atoms with Gasteiger partial charge in [0.15, 0.2) is 11.4 Å². The molecule has 4 atom stereocenters. The number of carbonyl (C=O) groups excluding carboxylic acids is 1. The van der Waals surface area contributed by atoms with Crippen LogP contribution in [0.5, 0.6) is 0 Å². The van der Waals surface area contributed by atoms with Gasteiger partial charge in [0.25, 0.3) is 0 Å². The zero-order chi connectivity index (χ0) is 10.3. The van der Waals surface area contributed by atoms with Gasteiger partial charge in [-0.3, -0.25) is 4.79 Å². The summed E-state index contributed by atoms with van der Waals surface area (Å²) in [7, 11) is 0. The predicted molar refractivity (Wildman–Crippen MR) is 55.2 cm³/mol. The highest BCUT2D eigenvalue weighted by Gasteiger charge is 2.71. The van der Waals surface area contributed by atoms with Crippen LogP contribution in [0.2, 0.25) is 0 Å². The zero-order valence-corrected chi connectivity index (χ0v) is 8.82. The van der Waals surface area contributed by atoms with Gasteiger partial charge in [-0.25, -0.2) is 0 Å². The lowest BCUT2D eigenvalue weighted by molar-refractivity contribution is -0.140. The van der Waals surface area contributed by atoms with Crippen LogP contribution in [-0.4, -0.2) is 18.0 Å². The van der Waals surface area contributed by atoms with E-state index in [-0.39, 0.29) is 11.0 Å². The standard InChI is InChI=1S/C13H14O2/c1-8-6-12-4-2-3-9(12)5-10(8)13(7-15-13)11(12)14/h2-3,6,9-10H,4-5,7H2,1H3/t9-,10-,12-,13?/m0/s1. The summed E-state index contributed by atoms with van der Waals surface area (Å²) in [5.41, 5.74) is 0.781. The van der Waals surface area contributed by atoms with Gasteiger partial charge < -0.3 is 4.74 Å². The molecule has 1 aliphatic heterocycles. The van der Waals surface area contributed by atoms with Crippen molar-refractivity contribution in [3.63, 3.8) is 0 Å². The van der Waals surface area contributed by atoms with Crippen LogP contribution in [0.15, 0.2) is 23.8 Å². The lowest BCUT2D eigenvalue weighted by Gasteiger charge is -2.48. The predicted octanol–water partition coefficient (Wildman–Crippen LogP) is 1.87. The second kappa shape index (κ2) is 2.12. The van der Waals surface area contributed by atoms with E-state index >= 15 is 0 Å². The van der Waals surface area contributed by atoms with Crippen LogP contribution in [0.1, 0.15) is 19.8 Å². The van der Waals surface area contributed by atoms with Crippen molar-refractivity contribution in [2.24, 2.45) is 17.3 Å². The van der Waals surface area contributed by atoms with Crippen molar-refractivity contribution < 1.29 is 9.53 Å². The molecule has 0 amide bonds. The van der Waals surface area contributed by atoms with E-state index < -0.39 is 0 Å². The Morgan fingerprint density at radius 1 is 1.53 bits per heavy atom. The fraction of sp³-hybridized carbons (Fsp3) is 0.615. The molecule has 1 heterocycles. The number of ketones is 1. The summed E-state index contributed by atoms with van der Waals surface area (Å²) in [6.07, 6.45) is 8.66. The molecular weight excluding hydrogens is 188 g/mol. The minimum atomic E-state index is -0.388. The number of hydrogen-bond donors (Lipinski definition) is 0. The Labute approximate surface area is 89.0 Å². The molecule has 78 valence electrons. The molecule has 2 fully saturated rings. The van der Waals surface area contributed by atoms with Crippen LogP contribution in [0.25, 0.3) is 0 Å². The number of Topliss-reactive ketones (excluding diaryl/α,β-unsaturated/α-hetero) is 1. The molecular formula is C13H14O2. The molecule has 2 spiro atoms. The Morgan fingerprint density at radius 3 is 3.07 bits per heavy atom. The van der Waals surface area contributed by atoms with Crippen molar-refractivity contribution in [2.75, 3.05) is 6.61 Å². The van der Waals surface area contributed by atoms with E-state index in [9.17, 15) is 4.79 Å². The summed E-state index contributed by atoms with van der Waals surface area (Å²) >= 11 is 0. The number of rotatable bonds is 0. The number of epoxide rings is 1. The number of ether oxygens (including phenoxy) is 1. The molecule has 1 saturated heterocycles. The second-order valence-electron chi connectivity index (χ2n) is 5.46. The van der Waals surface area contributed by atoms with Gasteiger partial charge in [0, 0.05) is 5.92 Å². The molecule has 4 aliphatic carbocycles. The lowest BCUT2D eigenvalue weighted by Crippen LogP contribution is -2.56. The summed E-state index contributed by atoms with van der Waals surface area (Å²) in [6, 6.07) is 0. The topological polar surface area (TPSA) is 29.6 Å². The van der Waals surface area contributed by atoms with Gasteiger partial charge in [-0.05, 0) is 25.7 Å². The van der Waals surface area contributed by atoms with E-state index in [0.29, 0.717) is 24.2 Å². The Bertz CT molecular complexity index is 428. The van der Waals surface area contributed by atoms with Crippen molar-refractivity contribution in [1.29, 1.82) is 0 Å². The largest absolute Gasteiger partial charge is 0.361 e. The van der Waals surface area contributed by atoms with Crippen molar-refractivity contribution in [1.82, 2.24) is 0 Å². The van der Waals surface area contributed by atoms with E-state index in [0.717, 1.165) is 12.8 Å². The van der Waals surface area contributed by atoms with Crippen LogP contribution in [0.4, 0.5) is 0 Å². The zero-order valence-electron chi connectivity index (χ0n) is 8.82. The van der Waals surface area contributed by atoms with Crippen LogP contribution in [-0.2, 0) is 9.53 Å². The van der Waals surface area contributed by atoms with Crippen molar-refractivity contribution >= 4 is 5.78 Å². The smallest absolute Gasteiger partial charge is 0.178 e. The van der Waals surface area contributed by atoms with Crippen LogP contribution < -0.4 is 0 Å². The van der Waals surface area contributed by atoms with Crippen LogP contribution in [0.3, 0.4) is 0 Å². The third kappa shape index (κ3) is 0.699. The molecule has 2 nitrogen and oxygen atoms in total. The highest BCUT2D eigenvalue weighted by atomic mass is 16.6. The van der Waals surface area contributed by atoms with Crippen LogP contribution >= 0.6 is 0 Å². The van der Waals surface area contributed by atoms with Gasteiger partial charge in [-0.1, -0.05) is 23.8 Å². The quantitative estimate of drug-likeness (QED) is 0.443. The number of carbonyl (C=O) groups is 1. The lowest BCUT2D eigenvalue weighted by atomic mass is 9.53. The maximum Gasteiger partial charge on any atom is 0.178 e. The summed E-state index contributed by atoms with van der Waals surface area (Å²) in [4.78, 5) is 12.5. The first kappa shape index (κ1) is 8.28. The average Bonchev–Trinajstić information content (AvgIpc) is 2.88. The highest BCUT2D eigenvalue weighted by molar-refractivity contribution is 6.00.